The van der Waals surface area contributed by atoms with E-state index >= 15 is 0 Å². The van der Waals surface area contributed by atoms with Crippen LogP contribution in [-0.2, 0) is 17.7 Å². The minimum atomic E-state index is -0.134. The monoisotopic (exact) mass is 346 g/mol. The molecule has 8 nitrogen and oxygen atoms in total. The van der Waals surface area contributed by atoms with Crippen LogP contribution in [0.2, 0.25) is 0 Å². The van der Waals surface area contributed by atoms with Gasteiger partial charge in [-0.15, -0.1) is 0 Å². The topological polar surface area (TPSA) is 80.4 Å². The Morgan fingerprint density at radius 2 is 2.00 bits per heavy atom. The summed E-state index contributed by atoms with van der Waals surface area (Å²) in [5.74, 6) is 2.27. The first-order valence-electron chi connectivity index (χ1n) is 8.91. The van der Waals surface area contributed by atoms with Crippen LogP contribution in [0.25, 0.3) is 0 Å². The normalized spacial score (nSPS) is 17.0. The highest BCUT2D eigenvalue weighted by atomic mass is 16.5. The molecule has 0 spiro atoms. The molecule has 25 heavy (non-hydrogen) atoms. The summed E-state index contributed by atoms with van der Waals surface area (Å²) in [6.45, 7) is 11.0. The summed E-state index contributed by atoms with van der Waals surface area (Å²) in [5.41, 5.74) is 1.08. The van der Waals surface area contributed by atoms with E-state index in [0.29, 0.717) is 24.9 Å². The molecule has 1 fully saturated rings. The lowest BCUT2D eigenvalue weighted by Crippen LogP contribution is -2.46. The van der Waals surface area contributed by atoms with E-state index in [1.165, 1.54) is 0 Å². The predicted octanol–water partition coefficient (Wildman–Crippen LogP) is 1.84. The smallest absolute Gasteiger partial charge is 0.240 e. The van der Waals surface area contributed by atoms with Crippen molar-refractivity contribution in [3.8, 4) is 0 Å². The molecular weight excluding hydrogens is 320 g/mol. The zero-order valence-corrected chi connectivity index (χ0v) is 15.2. The van der Waals surface area contributed by atoms with Crippen molar-refractivity contribution in [3.05, 3.63) is 29.8 Å². The largest absolute Gasteiger partial charge is 0.371 e. The molecule has 8 heteroatoms. The number of aromatic nitrogens is 4. The van der Waals surface area contributed by atoms with Crippen molar-refractivity contribution in [1.82, 2.24) is 25.0 Å². The number of rotatable bonds is 7. The number of hydrogen-bond donors (Lipinski definition) is 0. The van der Waals surface area contributed by atoms with Crippen molar-refractivity contribution in [2.45, 2.75) is 39.8 Å². The molecule has 0 bridgehead atoms. The number of nitrogens with zero attached hydrogens (tertiary/aromatic N) is 6. The van der Waals surface area contributed by atoms with Crippen LogP contribution in [0.15, 0.2) is 16.9 Å². The van der Waals surface area contributed by atoms with Crippen LogP contribution in [0.3, 0.4) is 0 Å². The third-order valence-corrected chi connectivity index (χ3v) is 4.39. The molecule has 2 aromatic rings. The van der Waals surface area contributed by atoms with Crippen LogP contribution in [0.4, 0.5) is 5.82 Å². The maximum Gasteiger partial charge on any atom is 0.240 e. The summed E-state index contributed by atoms with van der Waals surface area (Å²) in [7, 11) is 0. The Morgan fingerprint density at radius 3 is 2.72 bits per heavy atom. The Hall–Kier alpha value is -2.06. The van der Waals surface area contributed by atoms with Gasteiger partial charge < -0.3 is 14.2 Å². The zero-order valence-electron chi connectivity index (χ0n) is 15.2. The van der Waals surface area contributed by atoms with Crippen LogP contribution in [-0.4, -0.2) is 57.8 Å². The molecule has 3 rings (SSSR count). The third kappa shape index (κ3) is 4.52. The third-order valence-electron chi connectivity index (χ3n) is 4.39. The van der Waals surface area contributed by atoms with Gasteiger partial charge in [0.2, 0.25) is 5.89 Å². The Labute approximate surface area is 148 Å². The summed E-state index contributed by atoms with van der Waals surface area (Å²) in [5, 5.41) is 4.02. The summed E-state index contributed by atoms with van der Waals surface area (Å²) in [4.78, 5) is 17.7. The number of hydrogen-bond acceptors (Lipinski definition) is 8. The van der Waals surface area contributed by atoms with Crippen molar-refractivity contribution < 1.29 is 9.26 Å². The molecule has 1 saturated heterocycles. The lowest BCUT2D eigenvalue weighted by molar-refractivity contribution is 0.0683. The average molecular weight is 346 g/mol. The van der Waals surface area contributed by atoms with Gasteiger partial charge in [-0.3, -0.25) is 4.90 Å². The molecular formula is C17H26N6O2. The predicted molar refractivity (Wildman–Crippen MR) is 93.2 cm³/mol. The summed E-state index contributed by atoms with van der Waals surface area (Å²) >= 11 is 0. The number of anilines is 1. The van der Waals surface area contributed by atoms with Gasteiger partial charge in [0.05, 0.1) is 6.54 Å². The molecule has 0 amide bonds. The van der Waals surface area contributed by atoms with Crippen molar-refractivity contribution in [2.24, 2.45) is 0 Å². The van der Waals surface area contributed by atoms with Gasteiger partial charge in [0.25, 0.3) is 0 Å². The van der Waals surface area contributed by atoms with Gasteiger partial charge in [-0.05, 0) is 20.3 Å². The second-order valence-electron chi connectivity index (χ2n) is 6.13. The van der Waals surface area contributed by atoms with E-state index < -0.39 is 0 Å². The van der Waals surface area contributed by atoms with Crippen LogP contribution >= 0.6 is 0 Å². The van der Waals surface area contributed by atoms with Gasteiger partial charge in [0, 0.05) is 44.5 Å². The summed E-state index contributed by atoms with van der Waals surface area (Å²) in [6, 6.07) is 2.08. The molecule has 0 radical (unpaired) electrons. The quantitative estimate of drug-likeness (QED) is 0.751. The fourth-order valence-electron chi connectivity index (χ4n) is 2.90. The molecule has 136 valence electrons. The van der Waals surface area contributed by atoms with Crippen LogP contribution in [0, 0.1) is 0 Å². The highest BCUT2D eigenvalue weighted by Gasteiger charge is 2.21. The Balaban J connectivity index is 1.52. The molecule has 0 unspecified atom stereocenters. The van der Waals surface area contributed by atoms with Crippen molar-refractivity contribution in [2.75, 3.05) is 37.7 Å². The van der Waals surface area contributed by atoms with Gasteiger partial charge in [0.1, 0.15) is 18.2 Å². The van der Waals surface area contributed by atoms with E-state index in [0.717, 1.165) is 44.1 Å². The standard InChI is InChI=1S/C17H26N6O2/c1-4-14-10-15(19-12-18-14)23-8-6-22(7-9-23)11-16-20-17(21-25-16)13(3)24-5-2/h10,12-13H,4-9,11H2,1-3H3/t13-/m0/s1. The molecule has 1 aliphatic heterocycles. The van der Waals surface area contributed by atoms with E-state index in [-0.39, 0.29) is 6.10 Å². The highest BCUT2D eigenvalue weighted by Crippen LogP contribution is 2.17. The second-order valence-corrected chi connectivity index (χ2v) is 6.13. The summed E-state index contributed by atoms with van der Waals surface area (Å²) in [6.07, 6.45) is 2.44. The molecule has 0 N–H and O–H groups in total. The Morgan fingerprint density at radius 1 is 1.20 bits per heavy atom. The lowest BCUT2D eigenvalue weighted by atomic mass is 10.2. The highest BCUT2D eigenvalue weighted by molar-refractivity contribution is 5.39. The minimum Gasteiger partial charge on any atom is -0.371 e. The van der Waals surface area contributed by atoms with E-state index in [9.17, 15) is 0 Å². The van der Waals surface area contributed by atoms with E-state index in [1.807, 2.05) is 13.8 Å². The minimum absolute atomic E-state index is 0.134. The molecule has 3 heterocycles. The molecule has 1 aliphatic rings. The average Bonchev–Trinajstić information content (AvgIpc) is 3.11. The maximum absolute atomic E-state index is 5.50. The van der Waals surface area contributed by atoms with Crippen LogP contribution < -0.4 is 4.90 Å². The number of ether oxygens (including phenoxy) is 1. The Kier molecular flexibility index (Phi) is 5.93. The molecule has 0 aliphatic carbocycles. The lowest BCUT2D eigenvalue weighted by Gasteiger charge is -2.34. The van der Waals surface area contributed by atoms with Crippen molar-refractivity contribution in [1.29, 1.82) is 0 Å². The van der Waals surface area contributed by atoms with E-state index in [1.54, 1.807) is 6.33 Å². The number of aryl methyl sites for hydroxylation is 1. The first-order chi connectivity index (χ1) is 12.2. The van der Waals surface area contributed by atoms with Gasteiger partial charge in [-0.2, -0.15) is 4.98 Å². The van der Waals surface area contributed by atoms with E-state index in [2.05, 4.69) is 42.9 Å². The summed E-state index contributed by atoms with van der Waals surface area (Å²) < 4.78 is 10.9. The zero-order chi connectivity index (χ0) is 17.6. The molecule has 0 aromatic carbocycles. The van der Waals surface area contributed by atoms with Gasteiger partial charge in [-0.1, -0.05) is 12.1 Å². The Bertz CT molecular complexity index is 669. The van der Waals surface area contributed by atoms with Crippen LogP contribution in [0.1, 0.15) is 44.3 Å². The molecule has 0 saturated carbocycles. The first-order valence-corrected chi connectivity index (χ1v) is 8.91. The van der Waals surface area contributed by atoms with Crippen molar-refractivity contribution in [3.63, 3.8) is 0 Å². The number of piperazine rings is 1. The maximum atomic E-state index is 5.50. The van der Waals surface area contributed by atoms with Crippen molar-refractivity contribution >= 4 is 5.82 Å². The van der Waals surface area contributed by atoms with Gasteiger partial charge in [-0.25, -0.2) is 9.97 Å². The van der Waals surface area contributed by atoms with Gasteiger partial charge >= 0.3 is 0 Å². The fourth-order valence-corrected chi connectivity index (χ4v) is 2.90. The molecule has 1 atom stereocenters. The molecule has 2 aromatic heterocycles. The second kappa shape index (κ2) is 8.35. The first kappa shape index (κ1) is 17.8. The van der Waals surface area contributed by atoms with Crippen LogP contribution in [0.5, 0.6) is 0 Å². The SMILES string of the molecule is CCO[C@@H](C)c1noc(CN2CCN(c3cc(CC)ncn3)CC2)n1. The van der Waals surface area contributed by atoms with Gasteiger partial charge in [0.15, 0.2) is 5.82 Å². The van der Waals surface area contributed by atoms with E-state index in [4.69, 9.17) is 9.26 Å². The fraction of sp³-hybridized carbons (Fsp3) is 0.647.